The van der Waals surface area contributed by atoms with Gasteiger partial charge in [-0.15, -0.1) is 0 Å². The average molecular weight is 482 g/mol. The van der Waals surface area contributed by atoms with Crippen LogP contribution in [0.25, 0.3) is 0 Å². The number of nitrogens with zero attached hydrogens (tertiary/aromatic N) is 3. The van der Waals surface area contributed by atoms with Crippen LogP contribution >= 0.6 is 0 Å². The van der Waals surface area contributed by atoms with Gasteiger partial charge in [-0.25, -0.2) is 4.98 Å². The van der Waals surface area contributed by atoms with Crippen molar-refractivity contribution in [2.24, 2.45) is 0 Å². The highest BCUT2D eigenvalue weighted by atomic mass is 19.4. The second-order valence-corrected chi connectivity index (χ2v) is 8.21. The first-order valence-corrected chi connectivity index (χ1v) is 11.0. The van der Waals surface area contributed by atoms with Crippen molar-refractivity contribution in [3.8, 4) is 0 Å². The first kappa shape index (κ1) is 22.9. The number of hydrogen-bond donors (Lipinski definition) is 1. The van der Waals surface area contributed by atoms with Crippen molar-refractivity contribution in [1.29, 1.82) is 0 Å². The van der Waals surface area contributed by atoms with Gasteiger partial charge in [-0.3, -0.25) is 9.59 Å². The molecule has 35 heavy (non-hydrogen) atoms. The molecule has 3 heterocycles. The van der Waals surface area contributed by atoms with Crippen molar-refractivity contribution in [1.82, 2.24) is 4.98 Å². The highest BCUT2D eigenvalue weighted by Gasteiger charge is 2.34. The van der Waals surface area contributed by atoms with E-state index in [-0.39, 0.29) is 29.2 Å². The number of carbonyl (C=O) groups is 2. The lowest BCUT2D eigenvalue weighted by Crippen LogP contribution is -2.37. The number of pyridine rings is 1. The van der Waals surface area contributed by atoms with E-state index < -0.39 is 23.6 Å². The van der Waals surface area contributed by atoms with Crippen molar-refractivity contribution >= 4 is 29.0 Å². The van der Waals surface area contributed by atoms with E-state index in [1.165, 1.54) is 17.0 Å². The number of benzene rings is 2. The van der Waals surface area contributed by atoms with E-state index in [1.54, 1.807) is 30.3 Å². The van der Waals surface area contributed by atoms with Gasteiger partial charge in [0.25, 0.3) is 11.8 Å². The Morgan fingerprint density at radius 1 is 1.00 bits per heavy atom. The van der Waals surface area contributed by atoms with Crippen LogP contribution in [0.4, 0.5) is 30.4 Å². The summed E-state index contributed by atoms with van der Waals surface area (Å²) in [7, 11) is 0. The van der Waals surface area contributed by atoms with Crippen molar-refractivity contribution in [3.05, 3.63) is 83.0 Å². The van der Waals surface area contributed by atoms with Gasteiger partial charge in [0.05, 0.1) is 36.6 Å². The Hall–Kier alpha value is -3.92. The lowest BCUT2D eigenvalue weighted by molar-refractivity contribution is -0.137. The number of fused-ring (bicyclic) bond motifs is 1. The molecule has 0 radical (unpaired) electrons. The van der Waals surface area contributed by atoms with Crippen LogP contribution in [-0.2, 0) is 17.5 Å². The Bertz CT molecular complexity index is 1290. The Balaban J connectivity index is 1.38. The minimum absolute atomic E-state index is 0.101. The number of ether oxygens (including phenoxy) is 1. The lowest BCUT2D eigenvalue weighted by atomic mass is 10.1. The molecule has 2 amide bonds. The number of rotatable bonds is 4. The van der Waals surface area contributed by atoms with E-state index in [0.29, 0.717) is 37.7 Å². The fourth-order valence-corrected chi connectivity index (χ4v) is 4.23. The summed E-state index contributed by atoms with van der Waals surface area (Å²) in [6.45, 7) is 2.61. The predicted octanol–water partition coefficient (Wildman–Crippen LogP) is 4.35. The zero-order valence-corrected chi connectivity index (χ0v) is 18.5. The first-order valence-electron chi connectivity index (χ1n) is 11.0. The maximum atomic E-state index is 13.2. The molecule has 0 atom stereocenters. The quantitative estimate of drug-likeness (QED) is 0.599. The van der Waals surface area contributed by atoms with Crippen molar-refractivity contribution < 1.29 is 27.5 Å². The zero-order chi connectivity index (χ0) is 24.6. The van der Waals surface area contributed by atoms with Crippen LogP contribution in [0.15, 0.2) is 60.7 Å². The number of halogens is 3. The van der Waals surface area contributed by atoms with Gasteiger partial charge in [-0.2, -0.15) is 13.2 Å². The van der Waals surface area contributed by atoms with Gasteiger partial charge in [0.2, 0.25) is 0 Å². The molecule has 1 saturated heterocycles. The molecule has 1 fully saturated rings. The lowest BCUT2D eigenvalue weighted by Gasteiger charge is -2.27. The number of hydrogen-bond acceptors (Lipinski definition) is 5. The molecule has 1 aromatic heterocycles. The van der Waals surface area contributed by atoms with Crippen LogP contribution in [0.1, 0.15) is 32.0 Å². The maximum Gasteiger partial charge on any atom is 0.416 e. The Labute approximate surface area is 199 Å². The molecule has 5 rings (SSSR count). The number of anilines is 3. The zero-order valence-electron chi connectivity index (χ0n) is 18.5. The third-order valence-electron chi connectivity index (χ3n) is 5.97. The standard InChI is InChI=1S/C25H21F3N4O3/c26-25(27,28)17-5-2-6-18(14-17)32-15-16-4-1-7-19(22(16)24(32)34)30-23(33)20-8-3-9-21(29-20)31-10-12-35-13-11-31/h1-9,14H,10-13,15H2,(H,30,33). The van der Waals surface area contributed by atoms with Gasteiger partial charge in [0, 0.05) is 18.8 Å². The van der Waals surface area contributed by atoms with E-state index in [0.717, 1.165) is 12.1 Å². The van der Waals surface area contributed by atoms with E-state index in [9.17, 15) is 22.8 Å². The molecule has 2 aliphatic heterocycles. The molecule has 2 aromatic carbocycles. The van der Waals surface area contributed by atoms with Crippen LogP contribution < -0.4 is 15.1 Å². The summed E-state index contributed by atoms with van der Waals surface area (Å²) >= 11 is 0. The molecule has 2 aliphatic rings. The highest BCUT2D eigenvalue weighted by Crippen LogP contribution is 2.36. The Morgan fingerprint density at radius 3 is 2.51 bits per heavy atom. The SMILES string of the molecule is O=C(Nc1cccc2c1C(=O)N(c1cccc(C(F)(F)F)c1)C2)c1cccc(N2CCOCC2)n1. The van der Waals surface area contributed by atoms with Crippen LogP contribution in [0.2, 0.25) is 0 Å². The molecule has 0 spiro atoms. The highest BCUT2D eigenvalue weighted by molar-refractivity contribution is 6.16. The second kappa shape index (κ2) is 9.03. The molecule has 0 bridgehead atoms. The van der Waals surface area contributed by atoms with Gasteiger partial charge < -0.3 is 19.9 Å². The maximum absolute atomic E-state index is 13.2. The molecule has 0 saturated carbocycles. The first-order chi connectivity index (χ1) is 16.8. The summed E-state index contributed by atoms with van der Waals surface area (Å²) in [5.41, 5.74) is 0.636. The summed E-state index contributed by atoms with van der Waals surface area (Å²) in [5, 5.41) is 2.75. The minimum Gasteiger partial charge on any atom is -0.378 e. The van der Waals surface area contributed by atoms with E-state index in [2.05, 4.69) is 10.3 Å². The van der Waals surface area contributed by atoms with Crippen molar-refractivity contribution in [2.45, 2.75) is 12.7 Å². The number of aromatic nitrogens is 1. The van der Waals surface area contributed by atoms with Crippen LogP contribution in [0.5, 0.6) is 0 Å². The molecule has 7 nitrogen and oxygen atoms in total. The molecular weight excluding hydrogens is 461 g/mol. The van der Waals surface area contributed by atoms with E-state index >= 15 is 0 Å². The minimum atomic E-state index is -4.52. The van der Waals surface area contributed by atoms with Crippen molar-refractivity contribution in [3.63, 3.8) is 0 Å². The third kappa shape index (κ3) is 4.57. The second-order valence-electron chi connectivity index (χ2n) is 8.21. The smallest absolute Gasteiger partial charge is 0.378 e. The molecule has 180 valence electrons. The van der Waals surface area contributed by atoms with Gasteiger partial charge in [0.15, 0.2) is 0 Å². The monoisotopic (exact) mass is 482 g/mol. The summed E-state index contributed by atoms with van der Waals surface area (Å²) in [6.07, 6.45) is -4.52. The third-order valence-corrected chi connectivity index (χ3v) is 5.97. The van der Waals surface area contributed by atoms with E-state index in [4.69, 9.17) is 4.74 Å². The summed E-state index contributed by atoms with van der Waals surface area (Å²) < 4.78 is 44.8. The van der Waals surface area contributed by atoms with Crippen LogP contribution in [0, 0.1) is 0 Å². The fraction of sp³-hybridized carbons (Fsp3) is 0.240. The number of alkyl halides is 3. The molecule has 3 aromatic rings. The normalized spacial score (nSPS) is 15.8. The summed E-state index contributed by atoms with van der Waals surface area (Å²) in [6, 6.07) is 14.8. The number of amides is 2. The Kier molecular flexibility index (Phi) is 5.89. The molecule has 1 N–H and O–H groups in total. The number of carbonyl (C=O) groups excluding carboxylic acids is 2. The van der Waals surface area contributed by atoms with Crippen molar-refractivity contribution in [2.75, 3.05) is 41.4 Å². The van der Waals surface area contributed by atoms with Crippen LogP contribution in [-0.4, -0.2) is 43.1 Å². The summed E-state index contributed by atoms with van der Waals surface area (Å²) in [5.74, 6) is -0.310. The molecule has 0 aliphatic carbocycles. The average Bonchev–Trinajstić information content (AvgIpc) is 3.21. The predicted molar refractivity (Wildman–Crippen MR) is 124 cm³/mol. The fourth-order valence-electron chi connectivity index (χ4n) is 4.23. The largest absolute Gasteiger partial charge is 0.416 e. The van der Waals surface area contributed by atoms with Gasteiger partial charge in [0.1, 0.15) is 11.5 Å². The molecular formula is C25H21F3N4O3. The van der Waals surface area contributed by atoms with Gasteiger partial charge in [-0.05, 0) is 42.0 Å². The molecule has 0 unspecified atom stereocenters. The number of morpholine rings is 1. The van der Waals surface area contributed by atoms with E-state index in [1.807, 2.05) is 11.0 Å². The van der Waals surface area contributed by atoms with Gasteiger partial charge >= 0.3 is 6.18 Å². The Morgan fingerprint density at radius 2 is 1.74 bits per heavy atom. The summed E-state index contributed by atoms with van der Waals surface area (Å²) in [4.78, 5) is 34.0. The molecule has 10 heteroatoms. The topological polar surface area (TPSA) is 74.8 Å². The van der Waals surface area contributed by atoms with Crippen LogP contribution in [0.3, 0.4) is 0 Å². The number of nitrogens with one attached hydrogen (secondary N) is 1. The van der Waals surface area contributed by atoms with Gasteiger partial charge in [-0.1, -0.05) is 24.3 Å².